The summed E-state index contributed by atoms with van der Waals surface area (Å²) in [7, 11) is -2.49. The van der Waals surface area contributed by atoms with Gasteiger partial charge in [-0.05, 0) is 49.5 Å². The number of carbonyl (C=O) groups excluding carboxylic acids is 1. The highest BCUT2D eigenvalue weighted by Crippen LogP contribution is 2.32. The van der Waals surface area contributed by atoms with Gasteiger partial charge in [0.25, 0.3) is 5.91 Å². The van der Waals surface area contributed by atoms with E-state index in [-0.39, 0.29) is 5.88 Å². The van der Waals surface area contributed by atoms with Crippen LogP contribution in [0.1, 0.15) is 12.5 Å². The number of benzene rings is 1. The Morgan fingerprint density at radius 1 is 1.26 bits per heavy atom. The zero-order valence-corrected chi connectivity index (χ0v) is 19.4. The molecule has 2 heterocycles. The maximum atomic E-state index is 12.4. The van der Waals surface area contributed by atoms with Crippen LogP contribution in [-0.4, -0.2) is 56.0 Å². The first-order chi connectivity index (χ1) is 15.8. The predicted molar refractivity (Wildman–Crippen MR) is 126 cm³/mol. The number of amides is 1. The molecular formula is C21H23F3N6O3S. The minimum Gasteiger partial charge on any atom is -0.463 e. The Balaban J connectivity index is 1.86. The van der Waals surface area contributed by atoms with Crippen molar-refractivity contribution in [1.29, 1.82) is 0 Å². The van der Waals surface area contributed by atoms with Gasteiger partial charge in [0.05, 0.1) is 5.52 Å². The molecule has 0 radical (unpaired) electrons. The largest absolute Gasteiger partial charge is 0.463 e. The number of rotatable bonds is 8. The van der Waals surface area contributed by atoms with Crippen molar-refractivity contribution >= 4 is 49.6 Å². The Morgan fingerprint density at radius 3 is 2.68 bits per heavy atom. The normalized spacial score (nSPS) is 14.2. The van der Waals surface area contributed by atoms with Crippen LogP contribution < -0.4 is 20.1 Å². The highest BCUT2D eigenvalue weighted by Gasteiger charge is 2.29. The van der Waals surface area contributed by atoms with Crippen molar-refractivity contribution in [3.8, 4) is 5.88 Å². The molecule has 2 atom stereocenters. The van der Waals surface area contributed by atoms with Gasteiger partial charge in [-0.1, -0.05) is 0 Å². The molecule has 1 amide bonds. The summed E-state index contributed by atoms with van der Waals surface area (Å²) in [5.41, 5.74) is 2.27. The van der Waals surface area contributed by atoms with Crippen molar-refractivity contribution in [3.05, 3.63) is 42.4 Å². The van der Waals surface area contributed by atoms with Crippen LogP contribution in [0.25, 0.3) is 10.9 Å². The molecule has 3 aromatic rings. The lowest BCUT2D eigenvalue weighted by atomic mass is 10.1. The van der Waals surface area contributed by atoms with Crippen molar-refractivity contribution in [1.82, 2.24) is 20.3 Å². The topological polar surface area (TPSA) is 118 Å². The molecule has 0 spiro atoms. The van der Waals surface area contributed by atoms with E-state index in [2.05, 4.69) is 30.9 Å². The van der Waals surface area contributed by atoms with E-state index in [1.54, 1.807) is 29.6 Å². The number of hydrogen-bond acceptors (Lipinski definition) is 7. The average molecular weight is 497 g/mol. The number of ether oxygens (including phenoxy) is 1. The monoisotopic (exact) mass is 496 g/mol. The Kier molecular flexibility index (Phi) is 7.15. The second-order valence-electron chi connectivity index (χ2n) is 7.59. The van der Waals surface area contributed by atoms with E-state index in [9.17, 15) is 22.2 Å². The van der Waals surface area contributed by atoms with Crippen molar-refractivity contribution in [2.24, 2.45) is 0 Å². The van der Waals surface area contributed by atoms with E-state index in [4.69, 9.17) is 4.74 Å². The number of halogens is 3. The van der Waals surface area contributed by atoms with Crippen LogP contribution in [0.5, 0.6) is 5.88 Å². The van der Waals surface area contributed by atoms with E-state index in [0.717, 1.165) is 5.56 Å². The third-order valence-electron chi connectivity index (χ3n) is 4.41. The lowest BCUT2D eigenvalue weighted by Gasteiger charge is -2.18. The fourth-order valence-corrected chi connectivity index (χ4v) is 3.67. The minimum absolute atomic E-state index is 0.00244. The van der Waals surface area contributed by atoms with Crippen molar-refractivity contribution in [2.75, 3.05) is 22.8 Å². The van der Waals surface area contributed by atoms with Crippen LogP contribution in [0.2, 0.25) is 0 Å². The van der Waals surface area contributed by atoms with Gasteiger partial charge in [-0.15, -0.1) is 0 Å². The molecule has 3 rings (SSSR count). The summed E-state index contributed by atoms with van der Waals surface area (Å²) in [5.74, 6) is 3.06. The molecule has 0 saturated heterocycles. The number of nitrogens with one attached hydrogen (secondary N) is 3. The lowest BCUT2D eigenvalue weighted by molar-refractivity contribution is -0.142. The summed E-state index contributed by atoms with van der Waals surface area (Å²) in [6, 6.07) is 6.72. The van der Waals surface area contributed by atoms with Gasteiger partial charge < -0.3 is 20.1 Å². The van der Waals surface area contributed by atoms with Crippen LogP contribution in [0.3, 0.4) is 0 Å². The van der Waals surface area contributed by atoms with Gasteiger partial charge in [0.2, 0.25) is 5.88 Å². The van der Waals surface area contributed by atoms with E-state index in [1.165, 1.54) is 25.7 Å². The van der Waals surface area contributed by atoms with E-state index in [1.807, 2.05) is 6.92 Å². The molecule has 0 bridgehead atoms. The maximum Gasteiger partial charge on any atom is 0.405 e. The molecule has 2 aromatic heterocycles. The van der Waals surface area contributed by atoms with E-state index in [0.29, 0.717) is 28.1 Å². The third kappa shape index (κ3) is 6.70. The van der Waals surface area contributed by atoms with Gasteiger partial charge in [0.1, 0.15) is 24.4 Å². The van der Waals surface area contributed by atoms with Gasteiger partial charge in [0, 0.05) is 33.2 Å². The van der Waals surface area contributed by atoms with Gasteiger partial charge in [-0.2, -0.15) is 13.2 Å². The van der Waals surface area contributed by atoms with Crippen LogP contribution in [-0.2, 0) is 14.5 Å². The summed E-state index contributed by atoms with van der Waals surface area (Å²) >= 11 is 0. The zero-order chi connectivity index (χ0) is 25.1. The third-order valence-corrected chi connectivity index (χ3v) is 5.08. The first-order valence-electron chi connectivity index (χ1n) is 9.91. The van der Waals surface area contributed by atoms with E-state index < -0.39 is 34.4 Å². The smallest absolute Gasteiger partial charge is 0.405 e. The SMILES string of the molecule is C=S(C)(=O)Nc1cc(C)c2c(Nc3cccnc3OC(C)C(=O)NCC(F)(F)F)ncnc2c1. The molecule has 3 N–H and O–H groups in total. The maximum absolute atomic E-state index is 12.4. The fourth-order valence-electron chi connectivity index (χ4n) is 3.05. The Hall–Kier alpha value is -3.61. The van der Waals surface area contributed by atoms with Gasteiger partial charge in [-0.25, -0.2) is 19.2 Å². The average Bonchev–Trinajstić information content (AvgIpc) is 2.71. The molecule has 2 unspecified atom stereocenters. The highest BCUT2D eigenvalue weighted by molar-refractivity contribution is 8.00. The number of hydrogen-bond donors (Lipinski definition) is 3. The van der Waals surface area contributed by atoms with Crippen molar-refractivity contribution in [2.45, 2.75) is 26.1 Å². The number of anilines is 3. The van der Waals surface area contributed by atoms with Crippen molar-refractivity contribution in [3.63, 3.8) is 0 Å². The molecular weight excluding hydrogens is 473 g/mol. The summed E-state index contributed by atoms with van der Waals surface area (Å²) < 4.78 is 57.5. The van der Waals surface area contributed by atoms with Crippen LogP contribution in [0.15, 0.2) is 36.8 Å². The molecule has 182 valence electrons. The number of aromatic nitrogens is 3. The Bertz CT molecular complexity index is 1310. The molecule has 0 aliphatic carbocycles. The lowest BCUT2D eigenvalue weighted by Crippen LogP contribution is -2.41. The summed E-state index contributed by atoms with van der Waals surface area (Å²) in [5, 5.41) is 5.53. The molecule has 0 aliphatic heterocycles. The molecule has 1 aromatic carbocycles. The number of pyridine rings is 1. The highest BCUT2D eigenvalue weighted by atomic mass is 32.2. The first-order valence-corrected chi connectivity index (χ1v) is 12.0. The summed E-state index contributed by atoms with van der Waals surface area (Å²) in [4.78, 5) is 24.6. The fraction of sp³-hybridized carbons (Fsp3) is 0.286. The van der Waals surface area contributed by atoms with Gasteiger partial charge in [-0.3, -0.25) is 4.79 Å². The quantitative estimate of drug-likeness (QED) is 0.410. The van der Waals surface area contributed by atoms with Crippen molar-refractivity contribution < 1.29 is 26.9 Å². The Morgan fingerprint density at radius 2 is 2.00 bits per heavy atom. The van der Waals surface area contributed by atoms with Crippen LogP contribution in [0, 0.1) is 6.92 Å². The Labute approximate surface area is 194 Å². The van der Waals surface area contributed by atoms with Crippen LogP contribution >= 0.6 is 0 Å². The van der Waals surface area contributed by atoms with E-state index >= 15 is 0 Å². The molecule has 0 fully saturated rings. The molecule has 34 heavy (non-hydrogen) atoms. The number of fused-ring (bicyclic) bond motifs is 1. The summed E-state index contributed by atoms with van der Waals surface area (Å²) in [6.07, 6.45) is -1.53. The standard InChI is InChI=1S/C21H23F3N6O3S/c1-12-8-14(30-34(3,4)32)9-16-17(12)18(28-11-27-16)29-15-6-5-7-25-20(15)33-13(2)19(31)26-10-21(22,23)24/h5-9,11,13H,3,10H2,1-2,4H3,(H,26,31)(H,30,32)(H,27,28,29). The van der Waals surface area contributed by atoms with Gasteiger partial charge in [0.15, 0.2) is 6.10 Å². The number of aryl methyl sites for hydroxylation is 1. The predicted octanol–water partition coefficient (Wildman–Crippen LogP) is 3.20. The summed E-state index contributed by atoms with van der Waals surface area (Å²) in [6.45, 7) is 1.69. The molecule has 9 nitrogen and oxygen atoms in total. The second-order valence-corrected chi connectivity index (χ2v) is 9.80. The van der Waals surface area contributed by atoms with Gasteiger partial charge >= 0.3 is 6.18 Å². The zero-order valence-electron chi connectivity index (χ0n) is 18.6. The molecule has 0 aliphatic rings. The molecule has 0 saturated carbocycles. The number of alkyl halides is 3. The number of nitrogens with zero attached hydrogens (tertiary/aromatic N) is 3. The molecule has 13 heteroatoms. The van der Waals surface area contributed by atoms with Crippen LogP contribution in [0.4, 0.5) is 30.4 Å². The number of carbonyl (C=O) groups is 1. The minimum atomic E-state index is -4.53. The second kappa shape index (κ2) is 9.71. The first kappa shape index (κ1) is 25.0.